The fourth-order valence-electron chi connectivity index (χ4n) is 2.54. The van der Waals surface area contributed by atoms with Crippen molar-refractivity contribution in [2.75, 3.05) is 20.2 Å². The third kappa shape index (κ3) is 5.10. The van der Waals surface area contributed by atoms with Crippen molar-refractivity contribution in [3.05, 3.63) is 65.7 Å². The Kier molecular flexibility index (Phi) is 6.82. The number of hydrogen-bond donors (Lipinski definition) is 1. The van der Waals surface area contributed by atoms with Crippen molar-refractivity contribution in [3.63, 3.8) is 0 Å². The number of nitrogens with zero attached hydrogens (tertiary/aromatic N) is 1. The molecule has 0 aliphatic carbocycles. The van der Waals surface area contributed by atoms with Crippen molar-refractivity contribution < 1.29 is 9.53 Å². The van der Waals surface area contributed by atoms with Gasteiger partial charge in [-0.15, -0.1) is 0 Å². The van der Waals surface area contributed by atoms with Gasteiger partial charge in [0.05, 0.1) is 7.11 Å². The van der Waals surface area contributed by atoms with E-state index >= 15 is 0 Å². The minimum absolute atomic E-state index is 0.106. The molecule has 1 unspecified atom stereocenters. The Morgan fingerprint density at radius 2 is 1.75 bits per heavy atom. The zero-order chi connectivity index (χ0) is 17.4. The van der Waals surface area contributed by atoms with Crippen LogP contribution in [0, 0.1) is 5.92 Å². The van der Waals surface area contributed by atoms with Gasteiger partial charge in [0, 0.05) is 25.6 Å². The molecule has 0 aliphatic heterocycles. The highest BCUT2D eigenvalue weighted by molar-refractivity contribution is 5.78. The molecule has 0 radical (unpaired) electrons. The zero-order valence-corrected chi connectivity index (χ0v) is 14.4. The van der Waals surface area contributed by atoms with Crippen LogP contribution in [-0.2, 0) is 17.8 Å². The van der Waals surface area contributed by atoms with Crippen LogP contribution in [0.4, 0.5) is 0 Å². The first kappa shape index (κ1) is 18.0. The Hall–Kier alpha value is -2.33. The number of carbonyl (C=O) groups is 1. The molecule has 4 nitrogen and oxygen atoms in total. The summed E-state index contributed by atoms with van der Waals surface area (Å²) in [5.74, 6) is 0.784. The highest BCUT2D eigenvalue weighted by atomic mass is 16.5. The summed E-state index contributed by atoms with van der Waals surface area (Å²) in [5.41, 5.74) is 7.99. The van der Waals surface area contributed by atoms with E-state index in [1.807, 2.05) is 66.4 Å². The van der Waals surface area contributed by atoms with E-state index in [-0.39, 0.29) is 11.8 Å². The number of rotatable bonds is 8. The largest absolute Gasteiger partial charge is 0.497 e. The van der Waals surface area contributed by atoms with Gasteiger partial charge in [-0.25, -0.2) is 0 Å². The lowest BCUT2D eigenvalue weighted by molar-refractivity contribution is -0.135. The van der Waals surface area contributed by atoms with Gasteiger partial charge in [-0.05, 0) is 29.7 Å². The van der Waals surface area contributed by atoms with Gasteiger partial charge in [0.1, 0.15) is 5.75 Å². The number of hydrogen-bond acceptors (Lipinski definition) is 3. The Balaban J connectivity index is 2.05. The molecule has 2 rings (SSSR count). The minimum Gasteiger partial charge on any atom is -0.497 e. The Labute approximate surface area is 144 Å². The Morgan fingerprint density at radius 3 is 2.33 bits per heavy atom. The molecule has 0 saturated heterocycles. The van der Waals surface area contributed by atoms with Gasteiger partial charge < -0.3 is 15.4 Å². The predicted molar refractivity (Wildman–Crippen MR) is 96.8 cm³/mol. The number of carbonyl (C=O) groups excluding carboxylic acids is 1. The fraction of sp³-hybridized carbons (Fsp3) is 0.350. The molecule has 2 aromatic carbocycles. The predicted octanol–water partition coefficient (Wildman–Crippen LogP) is 2.86. The van der Waals surface area contributed by atoms with Crippen molar-refractivity contribution in [2.24, 2.45) is 11.7 Å². The first-order valence-electron chi connectivity index (χ1n) is 8.29. The summed E-state index contributed by atoms with van der Waals surface area (Å²) >= 11 is 0. The van der Waals surface area contributed by atoms with Crippen molar-refractivity contribution in [2.45, 2.75) is 19.9 Å². The zero-order valence-electron chi connectivity index (χ0n) is 14.4. The summed E-state index contributed by atoms with van der Waals surface area (Å²) in [5, 5.41) is 0. The second kappa shape index (κ2) is 9.08. The van der Waals surface area contributed by atoms with Crippen LogP contribution in [0.1, 0.15) is 18.1 Å². The summed E-state index contributed by atoms with van der Waals surface area (Å²) < 4.78 is 5.18. The van der Waals surface area contributed by atoms with E-state index in [2.05, 4.69) is 0 Å². The number of methoxy groups -OCH3 is 1. The summed E-state index contributed by atoms with van der Waals surface area (Å²) in [7, 11) is 1.66. The maximum absolute atomic E-state index is 12.6. The molecule has 0 aliphatic rings. The van der Waals surface area contributed by atoms with Crippen molar-refractivity contribution >= 4 is 5.91 Å². The molecule has 1 atom stereocenters. The smallest absolute Gasteiger partial charge is 0.226 e. The van der Waals surface area contributed by atoms with Crippen LogP contribution >= 0.6 is 0 Å². The first-order chi connectivity index (χ1) is 11.6. The lowest BCUT2D eigenvalue weighted by Gasteiger charge is -2.25. The third-order valence-electron chi connectivity index (χ3n) is 4.13. The molecule has 0 saturated carbocycles. The molecule has 0 aromatic heterocycles. The summed E-state index contributed by atoms with van der Waals surface area (Å²) in [4.78, 5) is 14.5. The fourth-order valence-corrected chi connectivity index (χ4v) is 2.54. The molecule has 2 aromatic rings. The summed E-state index contributed by atoms with van der Waals surface area (Å²) in [6.45, 7) is 3.53. The SMILES string of the molecule is COc1ccc(CCN(Cc2ccccc2)C(=O)C(C)CN)cc1. The Bertz CT molecular complexity index is 626. The summed E-state index contributed by atoms with van der Waals surface area (Å²) in [6.07, 6.45) is 0.805. The molecular formula is C20H26N2O2. The van der Waals surface area contributed by atoms with Gasteiger partial charge in [0.2, 0.25) is 5.91 Å². The van der Waals surface area contributed by atoms with Crippen molar-refractivity contribution in [1.82, 2.24) is 4.90 Å². The van der Waals surface area contributed by atoms with E-state index in [1.165, 1.54) is 5.56 Å². The molecular weight excluding hydrogens is 300 g/mol. The standard InChI is InChI=1S/C20H26N2O2/c1-16(14-21)20(23)22(15-18-6-4-3-5-7-18)13-12-17-8-10-19(24-2)11-9-17/h3-11,16H,12-15,21H2,1-2H3. The quantitative estimate of drug-likeness (QED) is 0.811. The second-order valence-electron chi connectivity index (χ2n) is 5.98. The van der Waals surface area contributed by atoms with Crippen LogP contribution in [0.5, 0.6) is 5.75 Å². The lowest BCUT2D eigenvalue weighted by atomic mass is 10.1. The molecule has 0 bridgehead atoms. The molecule has 1 amide bonds. The molecule has 2 N–H and O–H groups in total. The maximum atomic E-state index is 12.6. The molecule has 4 heteroatoms. The monoisotopic (exact) mass is 326 g/mol. The molecule has 24 heavy (non-hydrogen) atoms. The van der Waals surface area contributed by atoms with Crippen molar-refractivity contribution in [3.8, 4) is 5.75 Å². The van der Waals surface area contributed by atoms with Crippen LogP contribution in [0.2, 0.25) is 0 Å². The van der Waals surface area contributed by atoms with E-state index in [0.717, 1.165) is 17.7 Å². The van der Waals surface area contributed by atoms with Gasteiger partial charge in [-0.3, -0.25) is 4.79 Å². The highest BCUT2D eigenvalue weighted by Crippen LogP contribution is 2.14. The van der Waals surface area contributed by atoms with E-state index in [4.69, 9.17) is 10.5 Å². The summed E-state index contributed by atoms with van der Waals surface area (Å²) in [6, 6.07) is 18.0. The normalized spacial score (nSPS) is 11.8. The molecule has 0 spiro atoms. The van der Waals surface area contributed by atoms with Gasteiger partial charge in [0.25, 0.3) is 0 Å². The molecule has 128 valence electrons. The number of benzene rings is 2. The number of amides is 1. The molecule has 0 fully saturated rings. The van der Waals surface area contributed by atoms with Crippen LogP contribution in [0.3, 0.4) is 0 Å². The molecule has 0 heterocycles. The topological polar surface area (TPSA) is 55.6 Å². The van der Waals surface area contributed by atoms with Crippen LogP contribution in [0.15, 0.2) is 54.6 Å². The van der Waals surface area contributed by atoms with Gasteiger partial charge in [0.15, 0.2) is 0 Å². The van der Waals surface area contributed by atoms with Crippen LogP contribution < -0.4 is 10.5 Å². The first-order valence-corrected chi connectivity index (χ1v) is 8.29. The van der Waals surface area contributed by atoms with Gasteiger partial charge in [-0.2, -0.15) is 0 Å². The van der Waals surface area contributed by atoms with Gasteiger partial charge in [-0.1, -0.05) is 49.4 Å². The van der Waals surface area contributed by atoms with Crippen LogP contribution in [-0.4, -0.2) is 31.0 Å². The Morgan fingerprint density at radius 1 is 1.08 bits per heavy atom. The third-order valence-corrected chi connectivity index (χ3v) is 4.13. The van der Waals surface area contributed by atoms with E-state index in [1.54, 1.807) is 7.11 Å². The number of ether oxygens (including phenoxy) is 1. The average Bonchev–Trinajstić information content (AvgIpc) is 2.65. The lowest BCUT2D eigenvalue weighted by Crippen LogP contribution is -2.38. The minimum atomic E-state index is -0.162. The highest BCUT2D eigenvalue weighted by Gasteiger charge is 2.19. The van der Waals surface area contributed by atoms with Crippen molar-refractivity contribution in [1.29, 1.82) is 0 Å². The van der Waals surface area contributed by atoms with Gasteiger partial charge >= 0.3 is 0 Å². The van der Waals surface area contributed by atoms with E-state index < -0.39 is 0 Å². The number of nitrogens with two attached hydrogens (primary N) is 1. The van der Waals surface area contributed by atoms with E-state index in [9.17, 15) is 4.79 Å². The van der Waals surface area contributed by atoms with E-state index in [0.29, 0.717) is 19.6 Å². The average molecular weight is 326 g/mol. The second-order valence-corrected chi connectivity index (χ2v) is 5.98. The van der Waals surface area contributed by atoms with Crippen LogP contribution in [0.25, 0.3) is 0 Å². The maximum Gasteiger partial charge on any atom is 0.226 e.